The van der Waals surface area contributed by atoms with E-state index in [1.165, 1.54) is 28.6 Å². The predicted molar refractivity (Wildman–Crippen MR) is 81.9 cm³/mol. The van der Waals surface area contributed by atoms with E-state index in [9.17, 15) is 12.8 Å². The maximum Gasteiger partial charge on any atom is 0.244 e. The molecule has 1 heterocycles. The molecule has 3 rings (SSSR count). The topological polar surface area (TPSA) is 37.4 Å². The molecule has 1 saturated heterocycles. The number of benzene rings is 2. The largest absolute Gasteiger partial charge is 0.244 e. The summed E-state index contributed by atoms with van der Waals surface area (Å²) in [5.41, 5.74) is 0.964. The van der Waals surface area contributed by atoms with Crippen LogP contribution in [0.4, 0.5) is 4.39 Å². The van der Waals surface area contributed by atoms with Crippen molar-refractivity contribution in [2.24, 2.45) is 0 Å². The summed E-state index contributed by atoms with van der Waals surface area (Å²) in [4.78, 5) is 0.132. The maximum absolute atomic E-state index is 13.0. The van der Waals surface area contributed by atoms with Crippen LogP contribution in [0.3, 0.4) is 0 Å². The molecule has 0 bridgehead atoms. The Morgan fingerprint density at radius 3 is 2.38 bits per heavy atom. The molecule has 1 aliphatic rings. The fourth-order valence-corrected chi connectivity index (χ4v) is 5.56. The number of sulfonamides is 1. The van der Waals surface area contributed by atoms with Gasteiger partial charge in [-0.05, 0) is 29.8 Å². The Bertz CT molecular complexity index is 717. The summed E-state index contributed by atoms with van der Waals surface area (Å²) in [7, 11) is -3.61. The quantitative estimate of drug-likeness (QED) is 0.870. The minimum Gasteiger partial charge on any atom is -0.207 e. The van der Waals surface area contributed by atoms with Gasteiger partial charge in [0.05, 0.1) is 10.3 Å². The summed E-state index contributed by atoms with van der Waals surface area (Å²) in [6, 6.07) is 14.5. The third-order valence-electron chi connectivity index (χ3n) is 3.35. The van der Waals surface area contributed by atoms with Gasteiger partial charge in [-0.2, -0.15) is 4.31 Å². The molecule has 0 N–H and O–H groups in total. The highest BCUT2D eigenvalue weighted by Gasteiger charge is 2.36. The van der Waals surface area contributed by atoms with Gasteiger partial charge in [0.2, 0.25) is 10.0 Å². The number of nitrogens with zero attached hydrogens (tertiary/aromatic N) is 1. The Hall–Kier alpha value is -1.37. The Labute approximate surface area is 127 Å². The first-order valence-corrected chi connectivity index (χ1v) is 9.02. The normalized spacial score (nSPS) is 19.8. The molecule has 1 atom stereocenters. The Balaban J connectivity index is 1.96. The molecule has 1 aliphatic heterocycles. The van der Waals surface area contributed by atoms with Crippen LogP contribution < -0.4 is 0 Å². The fraction of sp³-hybridized carbons (Fsp3) is 0.200. The number of hydrogen-bond donors (Lipinski definition) is 0. The van der Waals surface area contributed by atoms with Crippen LogP contribution in [0.5, 0.6) is 0 Å². The molecule has 0 aliphatic carbocycles. The molecule has 1 fully saturated rings. The van der Waals surface area contributed by atoms with Crippen molar-refractivity contribution >= 4 is 21.8 Å². The third kappa shape index (κ3) is 2.84. The molecule has 1 unspecified atom stereocenters. The first-order valence-electron chi connectivity index (χ1n) is 6.53. The number of thioether (sulfide) groups is 1. The van der Waals surface area contributed by atoms with Crippen molar-refractivity contribution in [3.63, 3.8) is 0 Å². The lowest BCUT2D eigenvalue weighted by molar-refractivity contribution is 0.434. The highest BCUT2D eigenvalue weighted by Crippen LogP contribution is 2.41. The molecule has 0 spiro atoms. The van der Waals surface area contributed by atoms with Gasteiger partial charge < -0.3 is 0 Å². The lowest BCUT2D eigenvalue weighted by atomic mass is 10.2. The van der Waals surface area contributed by atoms with Gasteiger partial charge in [0.25, 0.3) is 0 Å². The summed E-state index contributed by atoms with van der Waals surface area (Å²) < 4.78 is 39.9. The average Bonchev–Trinajstić information content (AvgIpc) is 2.99. The van der Waals surface area contributed by atoms with Gasteiger partial charge in [-0.3, -0.25) is 0 Å². The van der Waals surface area contributed by atoms with Gasteiger partial charge in [-0.15, -0.1) is 11.8 Å². The Kier molecular flexibility index (Phi) is 4.01. The highest BCUT2D eigenvalue weighted by molar-refractivity contribution is 8.01. The van der Waals surface area contributed by atoms with Crippen LogP contribution in [0.2, 0.25) is 0 Å². The van der Waals surface area contributed by atoms with Gasteiger partial charge >= 0.3 is 0 Å². The molecule has 3 nitrogen and oxygen atoms in total. The van der Waals surface area contributed by atoms with Crippen molar-refractivity contribution in [3.8, 4) is 0 Å². The second-order valence-corrected chi connectivity index (χ2v) is 7.78. The second-order valence-electron chi connectivity index (χ2n) is 4.70. The predicted octanol–water partition coefficient (Wildman–Crippen LogP) is 3.26. The monoisotopic (exact) mass is 323 g/mol. The van der Waals surface area contributed by atoms with Gasteiger partial charge in [-0.25, -0.2) is 12.8 Å². The van der Waals surface area contributed by atoms with E-state index < -0.39 is 15.8 Å². The van der Waals surface area contributed by atoms with E-state index in [4.69, 9.17) is 0 Å². The van der Waals surface area contributed by atoms with Crippen molar-refractivity contribution in [2.75, 3.05) is 12.3 Å². The number of rotatable bonds is 3. The maximum atomic E-state index is 13.0. The zero-order chi connectivity index (χ0) is 14.9. The van der Waals surface area contributed by atoms with Crippen molar-refractivity contribution in [1.82, 2.24) is 4.31 Å². The summed E-state index contributed by atoms with van der Waals surface area (Å²) >= 11 is 1.60. The van der Waals surface area contributed by atoms with Crippen LogP contribution >= 0.6 is 11.8 Å². The van der Waals surface area contributed by atoms with Crippen LogP contribution in [0.25, 0.3) is 0 Å². The molecule has 2 aromatic rings. The fourth-order valence-electron chi connectivity index (χ4n) is 2.32. The lowest BCUT2D eigenvalue weighted by Gasteiger charge is -2.23. The smallest absolute Gasteiger partial charge is 0.207 e. The zero-order valence-electron chi connectivity index (χ0n) is 11.1. The average molecular weight is 323 g/mol. The summed E-state index contributed by atoms with van der Waals surface area (Å²) in [5.74, 6) is 0.310. The standard InChI is InChI=1S/C15H14FNO2S2/c16-13-6-8-14(9-7-13)21(18,19)17-10-11-20-15(17)12-4-2-1-3-5-12/h1-9,15H,10-11H2. The third-order valence-corrected chi connectivity index (χ3v) is 6.63. The second kappa shape index (κ2) is 5.79. The van der Waals surface area contributed by atoms with E-state index >= 15 is 0 Å². The van der Waals surface area contributed by atoms with E-state index in [0.29, 0.717) is 6.54 Å². The Morgan fingerprint density at radius 2 is 1.71 bits per heavy atom. The first-order chi connectivity index (χ1) is 10.1. The van der Waals surface area contributed by atoms with Crippen molar-refractivity contribution in [2.45, 2.75) is 10.3 Å². The SMILES string of the molecule is O=S(=O)(c1ccc(F)cc1)N1CCSC1c1ccccc1. The van der Waals surface area contributed by atoms with Crippen molar-refractivity contribution in [3.05, 3.63) is 66.0 Å². The molecule has 2 aromatic carbocycles. The highest BCUT2D eigenvalue weighted by atomic mass is 32.2. The lowest BCUT2D eigenvalue weighted by Crippen LogP contribution is -2.30. The molecule has 0 saturated carbocycles. The minimum absolute atomic E-state index is 0.132. The zero-order valence-corrected chi connectivity index (χ0v) is 12.8. The molecule has 110 valence electrons. The Morgan fingerprint density at radius 1 is 1.05 bits per heavy atom. The van der Waals surface area contributed by atoms with E-state index in [1.54, 1.807) is 11.8 Å². The summed E-state index contributed by atoms with van der Waals surface area (Å²) in [6.07, 6.45) is 0. The molecule has 21 heavy (non-hydrogen) atoms. The van der Waals surface area contributed by atoms with E-state index in [2.05, 4.69) is 0 Å². The number of hydrogen-bond acceptors (Lipinski definition) is 3. The van der Waals surface area contributed by atoms with Gasteiger partial charge in [0.1, 0.15) is 5.82 Å². The van der Waals surface area contributed by atoms with E-state index in [0.717, 1.165) is 11.3 Å². The summed E-state index contributed by atoms with van der Waals surface area (Å²) in [5, 5.41) is -0.221. The van der Waals surface area contributed by atoms with Crippen LogP contribution in [0.1, 0.15) is 10.9 Å². The first kappa shape index (κ1) is 14.6. The van der Waals surface area contributed by atoms with Gasteiger partial charge in [0.15, 0.2) is 0 Å². The van der Waals surface area contributed by atoms with Gasteiger partial charge in [-0.1, -0.05) is 30.3 Å². The van der Waals surface area contributed by atoms with Crippen LogP contribution in [-0.2, 0) is 10.0 Å². The van der Waals surface area contributed by atoms with Crippen molar-refractivity contribution in [1.29, 1.82) is 0 Å². The van der Waals surface area contributed by atoms with Gasteiger partial charge in [0, 0.05) is 12.3 Å². The van der Waals surface area contributed by atoms with Crippen LogP contribution in [-0.4, -0.2) is 25.0 Å². The molecule has 0 radical (unpaired) electrons. The van der Waals surface area contributed by atoms with E-state index in [1.807, 2.05) is 30.3 Å². The molecule has 6 heteroatoms. The van der Waals surface area contributed by atoms with Crippen molar-refractivity contribution < 1.29 is 12.8 Å². The molecular weight excluding hydrogens is 309 g/mol. The molecule has 0 amide bonds. The number of halogens is 1. The molecular formula is C15H14FNO2S2. The van der Waals surface area contributed by atoms with Crippen LogP contribution in [0, 0.1) is 5.82 Å². The van der Waals surface area contributed by atoms with Crippen LogP contribution in [0.15, 0.2) is 59.5 Å². The minimum atomic E-state index is -3.61. The molecule has 0 aromatic heterocycles. The summed E-state index contributed by atoms with van der Waals surface area (Å²) in [6.45, 7) is 0.462. The van der Waals surface area contributed by atoms with E-state index in [-0.39, 0.29) is 10.3 Å².